The largest absolute Gasteiger partial charge is 0.445 e. The molecule has 0 saturated carbocycles. The summed E-state index contributed by atoms with van der Waals surface area (Å²) in [6.07, 6.45) is 1.05. The van der Waals surface area contributed by atoms with Gasteiger partial charge in [-0.15, -0.1) is 0 Å². The molecule has 1 aromatic carbocycles. The number of piperidine rings is 1. The molecule has 1 aliphatic heterocycles. The number of rotatable bonds is 5. The SMILES string of the molecule is NC(=O)COC1CCN(C(=O)OCc2ccccc2)CC1. The summed E-state index contributed by atoms with van der Waals surface area (Å²) in [7, 11) is 0. The van der Waals surface area contributed by atoms with Gasteiger partial charge in [-0.3, -0.25) is 4.79 Å². The molecule has 0 aromatic heterocycles. The van der Waals surface area contributed by atoms with Crippen molar-refractivity contribution >= 4 is 12.0 Å². The third-order valence-electron chi connectivity index (χ3n) is 3.37. The van der Waals surface area contributed by atoms with E-state index >= 15 is 0 Å². The molecule has 2 amide bonds. The van der Waals surface area contributed by atoms with Gasteiger partial charge in [-0.25, -0.2) is 4.79 Å². The maximum Gasteiger partial charge on any atom is 0.410 e. The van der Waals surface area contributed by atoms with Crippen molar-refractivity contribution in [2.24, 2.45) is 5.73 Å². The van der Waals surface area contributed by atoms with E-state index in [1.54, 1.807) is 4.90 Å². The Balaban J connectivity index is 1.69. The first kappa shape index (κ1) is 15.3. The number of amides is 2. The number of nitrogens with zero attached hydrogens (tertiary/aromatic N) is 1. The van der Waals surface area contributed by atoms with Gasteiger partial charge in [0.05, 0.1) is 6.10 Å². The van der Waals surface area contributed by atoms with Crippen molar-refractivity contribution in [3.63, 3.8) is 0 Å². The molecule has 6 heteroatoms. The number of likely N-dealkylation sites (tertiary alicyclic amines) is 1. The number of nitrogens with two attached hydrogens (primary N) is 1. The molecule has 21 heavy (non-hydrogen) atoms. The highest BCUT2D eigenvalue weighted by molar-refractivity contribution is 5.75. The van der Waals surface area contributed by atoms with Crippen LogP contribution in [0.1, 0.15) is 18.4 Å². The molecule has 0 aliphatic carbocycles. The van der Waals surface area contributed by atoms with E-state index in [-0.39, 0.29) is 25.4 Å². The third kappa shape index (κ3) is 5.07. The zero-order valence-electron chi connectivity index (χ0n) is 11.9. The molecule has 6 nitrogen and oxygen atoms in total. The molecule has 1 aromatic rings. The summed E-state index contributed by atoms with van der Waals surface area (Å²) in [6, 6.07) is 9.56. The summed E-state index contributed by atoms with van der Waals surface area (Å²) in [5.74, 6) is -0.472. The quantitative estimate of drug-likeness (QED) is 0.886. The van der Waals surface area contributed by atoms with Crippen molar-refractivity contribution in [2.45, 2.75) is 25.6 Å². The van der Waals surface area contributed by atoms with Gasteiger partial charge in [0.25, 0.3) is 0 Å². The molecular weight excluding hydrogens is 272 g/mol. The Hall–Kier alpha value is -2.08. The Morgan fingerprint density at radius 3 is 2.48 bits per heavy atom. The average molecular weight is 292 g/mol. The summed E-state index contributed by atoms with van der Waals surface area (Å²) in [4.78, 5) is 24.2. The van der Waals surface area contributed by atoms with Crippen LogP contribution in [0, 0.1) is 0 Å². The van der Waals surface area contributed by atoms with Crippen LogP contribution in [0.3, 0.4) is 0 Å². The Kier molecular flexibility index (Phi) is 5.57. The predicted molar refractivity (Wildman–Crippen MR) is 76.4 cm³/mol. The van der Waals surface area contributed by atoms with Crippen LogP contribution in [0.15, 0.2) is 30.3 Å². The van der Waals surface area contributed by atoms with Gasteiger partial charge in [-0.2, -0.15) is 0 Å². The Morgan fingerprint density at radius 1 is 1.19 bits per heavy atom. The van der Waals surface area contributed by atoms with Crippen LogP contribution < -0.4 is 5.73 Å². The number of primary amides is 1. The van der Waals surface area contributed by atoms with Crippen LogP contribution in [-0.2, 0) is 20.9 Å². The van der Waals surface area contributed by atoms with E-state index in [4.69, 9.17) is 15.2 Å². The molecule has 1 heterocycles. The average Bonchev–Trinajstić information content (AvgIpc) is 2.52. The lowest BCUT2D eigenvalue weighted by molar-refractivity contribution is -0.125. The van der Waals surface area contributed by atoms with Crippen LogP contribution in [0.5, 0.6) is 0 Å². The molecule has 1 aliphatic rings. The minimum Gasteiger partial charge on any atom is -0.445 e. The van der Waals surface area contributed by atoms with Gasteiger partial charge >= 0.3 is 6.09 Å². The highest BCUT2D eigenvalue weighted by atomic mass is 16.6. The minimum atomic E-state index is -0.472. The van der Waals surface area contributed by atoms with Crippen molar-refractivity contribution < 1.29 is 19.1 Å². The van der Waals surface area contributed by atoms with Crippen molar-refractivity contribution in [2.75, 3.05) is 19.7 Å². The number of hydrogen-bond acceptors (Lipinski definition) is 4. The van der Waals surface area contributed by atoms with E-state index in [0.717, 1.165) is 5.56 Å². The lowest BCUT2D eigenvalue weighted by atomic mass is 10.1. The fourth-order valence-corrected chi connectivity index (χ4v) is 2.22. The fourth-order valence-electron chi connectivity index (χ4n) is 2.22. The van der Waals surface area contributed by atoms with Crippen LogP contribution in [0.4, 0.5) is 4.79 Å². The van der Waals surface area contributed by atoms with E-state index in [1.165, 1.54) is 0 Å². The second kappa shape index (κ2) is 7.64. The highest BCUT2D eigenvalue weighted by Gasteiger charge is 2.24. The smallest absolute Gasteiger partial charge is 0.410 e. The fraction of sp³-hybridized carbons (Fsp3) is 0.467. The predicted octanol–water partition coefficient (Wildman–Crippen LogP) is 1.29. The van der Waals surface area contributed by atoms with Crippen LogP contribution >= 0.6 is 0 Å². The molecule has 0 bridgehead atoms. The summed E-state index contributed by atoms with van der Waals surface area (Å²) in [5, 5.41) is 0. The molecule has 114 valence electrons. The van der Waals surface area contributed by atoms with Crippen molar-refractivity contribution in [1.29, 1.82) is 0 Å². The summed E-state index contributed by atoms with van der Waals surface area (Å²) in [5.41, 5.74) is 5.99. The molecule has 0 radical (unpaired) electrons. The number of ether oxygens (including phenoxy) is 2. The first-order valence-corrected chi connectivity index (χ1v) is 7.00. The maximum atomic E-state index is 11.9. The molecule has 0 atom stereocenters. The Labute approximate surface area is 123 Å². The zero-order chi connectivity index (χ0) is 15.1. The van der Waals surface area contributed by atoms with Crippen LogP contribution in [0.2, 0.25) is 0 Å². The lowest BCUT2D eigenvalue weighted by Crippen LogP contribution is -2.41. The van der Waals surface area contributed by atoms with Gasteiger partial charge in [0, 0.05) is 13.1 Å². The molecular formula is C15H20N2O4. The van der Waals surface area contributed by atoms with E-state index in [2.05, 4.69) is 0 Å². The van der Waals surface area contributed by atoms with Gasteiger partial charge in [0.15, 0.2) is 0 Å². The Morgan fingerprint density at radius 2 is 1.86 bits per heavy atom. The number of carbonyl (C=O) groups is 2. The number of hydrogen-bond donors (Lipinski definition) is 1. The molecule has 1 saturated heterocycles. The monoisotopic (exact) mass is 292 g/mol. The molecule has 0 unspecified atom stereocenters. The highest BCUT2D eigenvalue weighted by Crippen LogP contribution is 2.15. The van der Waals surface area contributed by atoms with Gasteiger partial charge in [0.2, 0.25) is 5.91 Å². The van der Waals surface area contributed by atoms with E-state index in [1.807, 2.05) is 30.3 Å². The topological polar surface area (TPSA) is 81.9 Å². The van der Waals surface area contributed by atoms with Crippen molar-refractivity contribution in [3.05, 3.63) is 35.9 Å². The van der Waals surface area contributed by atoms with E-state index in [9.17, 15) is 9.59 Å². The second-order valence-electron chi connectivity index (χ2n) is 5.00. The lowest BCUT2D eigenvalue weighted by Gasteiger charge is -2.31. The minimum absolute atomic E-state index is 0.0179. The number of carbonyl (C=O) groups excluding carboxylic acids is 2. The van der Waals surface area contributed by atoms with Crippen LogP contribution in [-0.4, -0.2) is 42.7 Å². The van der Waals surface area contributed by atoms with Crippen molar-refractivity contribution in [1.82, 2.24) is 4.90 Å². The standard InChI is InChI=1S/C15H20N2O4/c16-14(18)11-20-13-6-8-17(9-7-13)15(19)21-10-12-4-2-1-3-5-12/h1-5,13H,6-11H2,(H2,16,18). The first-order chi connectivity index (χ1) is 10.1. The van der Waals surface area contributed by atoms with Gasteiger partial charge in [0.1, 0.15) is 13.2 Å². The van der Waals surface area contributed by atoms with Gasteiger partial charge < -0.3 is 20.1 Å². The second-order valence-corrected chi connectivity index (χ2v) is 5.00. The summed E-state index contributed by atoms with van der Waals surface area (Å²) < 4.78 is 10.6. The zero-order valence-corrected chi connectivity index (χ0v) is 11.9. The first-order valence-electron chi connectivity index (χ1n) is 7.00. The molecule has 2 N–H and O–H groups in total. The van der Waals surface area contributed by atoms with Crippen molar-refractivity contribution in [3.8, 4) is 0 Å². The molecule has 0 spiro atoms. The summed E-state index contributed by atoms with van der Waals surface area (Å²) in [6.45, 7) is 1.34. The normalized spacial score (nSPS) is 15.7. The third-order valence-corrected chi connectivity index (χ3v) is 3.37. The van der Waals surface area contributed by atoms with Gasteiger partial charge in [-0.05, 0) is 18.4 Å². The van der Waals surface area contributed by atoms with Crippen LogP contribution in [0.25, 0.3) is 0 Å². The summed E-state index contributed by atoms with van der Waals surface area (Å²) >= 11 is 0. The van der Waals surface area contributed by atoms with Gasteiger partial charge in [-0.1, -0.05) is 30.3 Å². The molecule has 1 fully saturated rings. The number of benzene rings is 1. The Bertz CT molecular complexity index is 470. The molecule has 2 rings (SSSR count). The van der Waals surface area contributed by atoms with E-state index in [0.29, 0.717) is 25.9 Å². The maximum absolute atomic E-state index is 11.9. The van der Waals surface area contributed by atoms with E-state index < -0.39 is 5.91 Å².